The zero-order valence-electron chi connectivity index (χ0n) is 10.2. The standard InChI is InChI=1S/C15H12O3/c1-9-3-6-13-12(7-9)15(16)14(18-13)8-11-5-4-10(2)17-11/h3-8H,1-2H3/b14-8-. The molecule has 2 heterocycles. The Labute approximate surface area is 105 Å². The van der Waals surface area contributed by atoms with E-state index in [1.807, 2.05) is 44.2 Å². The van der Waals surface area contributed by atoms with E-state index in [1.54, 1.807) is 6.08 Å². The molecule has 0 amide bonds. The minimum atomic E-state index is -0.0947. The first-order chi connectivity index (χ1) is 8.63. The second-order valence-electron chi connectivity index (χ2n) is 4.39. The Bertz CT molecular complexity index is 662. The molecule has 0 atom stereocenters. The van der Waals surface area contributed by atoms with E-state index in [1.165, 1.54) is 0 Å². The molecule has 0 saturated carbocycles. The van der Waals surface area contributed by atoms with Crippen molar-refractivity contribution in [3.8, 4) is 5.75 Å². The van der Waals surface area contributed by atoms with Crippen LogP contribution < -0.4 is 4.74 Å². The molecule has 18 heavy (non-hydrogen) atoms. The van der Waals surface area contributed by atoms with E-state index in [2.05, 4.69) is 0 Å². The molecule has 0 saturated heterocycles. The molecular weight excluding hydrogens is 228 g/mol. The number of ether oxygens (including phenoxy) is 1. The number of allylic oxidation sites excluding steroid dienone is 1. The Balaban J connectivity index is 1.99. The summed E-state index contributed by atoms with van der Waals surface area (Å²) in [6.45, 7) is 3.81. The van der Waals surface area contributed by atoms with E-state index < -0.39 is 0 Å². The third-order valence-electron chi connectivity index (χ3n) is 2.86. The van der Waals surface area contributed by atoms with Crippen LogP contribution in [-0.2, 0) is 0 Å². The Hall–Kier alpha value is -2.29. The van der Waals surface area contributed by atoms with Crippen LogP contribution in [0.15, 0.2) is 40.5 Å². The van der Waals surface area contributed by atoms with E-state index >= 15 is 0 Å². The molecule has 0 aliphatic carbocycles. The predicted molar refractivity (Wildman–Crippen MR) is 67.6 cm³/mol. The average molecular weight is 240 g/mol. The van der Waals surface area contributed by atoms with Crippen molar-refractivity contribution in [2.45, 2.75) is 13.8 Å². The van der Waals surface area contributed by atoms with Gasteiger partial charge in [-0.05, 0) is 38.1 Å². The lowest BCUT2D eigenvalue weighted by Crippen LogP contribution is -1.97. The van der Waals surface area contributed by atoms with Gasteiger partial charge in [0.15, 0.2) is 5.76 Å². The van der Waals surface area contributed by atoms with Crippen molar-refractivity contribution in [1.29, 1.82) is 0 Å². The van der Waals surface area contributed by atoms with Crippen molar-refractivity contribution in [3.63, 3.8) is 0 Å². The van der Waals surface area contributed by atoms with Gasteiger partial charge in [-0.3, -0.25) is 4.79 Å². The second-order valence-corrected chi connectivity index (χ2v) is 4.39. The molecule has 3 heteroatoms. The summed E-state index contributed by atoms with van der Waals surface area (Å²) in [5, 5.41) is 0. The summed E-state index contributed by atoms with van der Waals surface area (Å²) >= 11 is 0. The molecular formula is C15H12O3. The van der Waals surface area contributed by atoms with Crippen LogP contribution in [0.4, 0.5) is 0 Å². The Morgan fingerprint density at radius 3 is 2.67 bits per heavy atom. The zero-order valence-corrected chi connectivity index (χ0v) is 10.2. The van der Waals surface area contributed by atoms with Crippen LogP contribution in [0.25, 0.3) is 6.08 Å². The van der Waals surface area contributed by atoms with Crippen LogP contribution >= 0.6 is 0 Å². The lowest BCUT2D eigenvalue weighted by atomic mass is 10.1. The van der Waals surface area contributed by atoms with Gasteiger partial charge in [0.1, 0.15) is 17.3 Å². The first-order valence-corrected chi connectivity index (χ1v) is 5.75. The highest BCUT2D eigenvalue weighted by molar-refractivity contribution is 6.14. The van der Waals surface area contributed by atoms with Crippen molar-refractivity contribution in [2.75, 3.05) is 0 Å². The molecule has 0 fully saturated rings. The van der Waals surface area contributed by atoms with Gasteiger partial charge in [0.05, 0.1) is 5.56 Å². The van der Waals surface area contributed by atoms with E-state index in [0.29, 0.717) is 22.8 Å². The van der Waals surface area contributed by atoms with Gasteiger partial charge in [-0.15, -0.1) is 0 Å². The first kappa shape index (κ1) is 10.8. The highest BCUT2D eigenvalue weighted by atomic mass is 16.5. The SMILES string of the molecule is Cc1ccc2c(c1)C(=O)/C(=C/c1ccc(C)o1)O2. The molecule has 90 valence electrons. The zero-order chi connectivity index (χ0) is 12.7. The third kappa shape index (κ3) is 1.74. The largest absolute Gasteiger partial charge is 0.462 e. The van der Waals surface area contributed by atoms with Crippen LogP contribution in [0.5, 0.6) is 5.75 Å². The van der Waals surface area contributed by atoms with E-state index in [-0.39, 0.29) is 5.78 Å². The number of Topliss-reactive ketones (excluding diaryl/α,β-unsaturated/α-hetero) is 1. The maximum atomic E-state index is 12.1. The number of hydrogen-bond donors (Lipinski definition) is 0. The van der Waals surface area contributed by atoms with Crippen LogP contribution in [0, 0.1) is 13.8 Å². The molecule has 0 bridgehead atoms. The number of furan rings is 1. The molecule has 3 nitrogen and oxygen atoms in total. The molecule has 2 aromatic rings. The summed E-state index contributed by atoms with van der Waals surface area (Å²) in [6, 6.07) is 9.24. The lowest BCUT2D eigenvalue weighted by molar-refractivity contribution is 0.101. The van der Waals surface area contributed by atoms with E-state index in [9.17, 15) is 4.79 Å². The molecule has 1 aliphatic rings. The van der Waals surface area contributed by atoms with Crippen molar-refractivity contribution in [1.82, 2.24) is 0 Å². The maximum Gasteiger partial charge on any atom is 0.232 e. The van der Waals surface area contributed by atoms with Gasteiger partial charge in [0.2, 0.25) is 5.78 Å². The topological polar surface area (TPSA) is 39.4 Å². The van der Waals surface area contributed by atoms with Gasteiger partial charge < -0.3 is 9.15 Å². The van der Waals surface area contributed by atoms with Crippen molar-refractivity contribution < 1.29 is 13.9 Å². The van der Waals surface area contributed by atoms with Crippen molar-refractivity contribution in [2.24, 2.45) is 0 Å². The van der Waals surface area contributed by atoms with Gasteiger partial charge in [0.25, 0.3) is 0 Å². The minimum absolute atomic E-state index is 0.0947. The summed E-state index contributed by atoms with van der Waals surface area (Å²) in [5.74, 6) is 2.26. The molecule has 1 aromatic heterocycles. The normalized spacial score (nSPS) is 15.9. The summed E-state index contributed by atoms with van der Waals surface area (Å²) in [4.78, 5) is 12.1. The fraction of sp³-hybridized carbons (Fsp3) is 0.133. The summed E-state index contributed by atoms with van der Waals surface area (Å²) in [5.41, 5.74) is 1.66. The monoisotopic (exact) mass is 240 g/mol. The number of carbonyl (C=O) groups is 1. The Kier molecular flexibility index (Phi) is 2.33. The minimum Gasteiger partial charge on any atom is -0.462 e. The number of aryl methyl sites for hydroxylation is 2. The number of benzene rings is 1. The summed E-state index contributed by atoms with van der Waals surface area (Å²) in [7, 11) is 0. The molecule has 0 spiro atoms. The quantitative estimate of drug-likeness (QED) is 0.716. The first-order valence-electron chi connectivity index (χ1n) is 5.75. The third-order valence-corrected chi connectivity index (χ3v) is 2.86. The highest BCUT2D eigenvalue weighted by Crippen LogP contribution is 2.32. The van der Waals surface area contributed by atoms with Gasteiger partial charge in [-0.1, -0.05) is 11.6 Å². The second kappa shape index (κ2) is 3.88. The van der Waals surface area contributed by atoms with Gasteiger partial charge in [0, 0.05) is 6.08 Å². The smallest absolute Gasteiger partial charge is 0.232 e. The molecule has 0 unspecified atom stereocenters. The summed E-state index contributed by atoms with van der Waals surface area (Å²) in [6.07, 6.45) is 1.63. The highest BCUT2D eigenvalue weighted by Gasteiger charge is 2.27. The number of carbonyl (C=O) groups excluding carboxylic acids is 1. The van der Waals surface area contributed by atoms with Crippen molar-refractivity contribution in [3.05, 3.63) is 58.7 Å². The van der Waals surface area contributed by atoms with E-state index in [0.717, 1.165) is 11.3 Å². The number of ketones is 1. The van der Waals surface area contributed by atoms with Gasteiger partial charge >= 0.3 is 0 Å². The number of fused-ring (bicyclic) bond motifs is 1. The number of hydrogen-bond acceptors (Lipinski definition) is 3. The number of rotatable bonds is 1. The molecule has 1 aliphatic heterocycles. The molecule has 1 aromatic carbocycles. The fourth-order valence-electron chi connectivity index (χ4n) is 1.96. The van der Waals surface area contributed by atoms with Gasteiger partial charge in [-0.25, -0.2) is 0 Å². The van der Waals surface area contributed by atoms with Crippen LogP contribution in [0.3, 0.4) is 0 Å². The lowest BCUT2D eigenvalue weighted by Gasteiger charge is -1.97. The Morgan fingerprint density at radius 2 is 1.94 bits per heavy atom. The fourth-order valence-corrected chi connectivity index (χ4v) is 1.96. The molecule has 3 rings (SSSR count). The van der Waals surface area contributed by atoms with Crippen LogP contribution in [0.1, 0.15) is 27.4 Å². The summed E-state index contributed by atoms with van der Waals surface area (Å²) < 4.78 is 10.9. The predicted octanol–water partition coefficient (Wildman–Crippen LogP) is 3.51. The van der Waals surface area contributed by atoms with Crippen molar-refractivity contribution >= 4 is 11.9 Å². The van der Waals surface area contributed by atoms with Gasteiger partial charge in [-0.2, -0.15) is 0 Å². The maximum absolute atomic E-state index is 12.1. The molecule has 0 radical (unpaired) electrons. The molecule has 0 N–H and O–H groups in total. The van der Waals surface area contributed by atoms with Crippen LogP contribution in [0.2, 0.25) is 0 Å². The Morgan fingerprint density at radius 1 is 1.11 bits per heavy atom. The average Bonchev–Trinajstić information content (AvgIpc) is 2.86. The van der Waals surface area contributed by atoms with E-state index in [4.69, 9.17) is 9.15 Å². The van der Waals surface area contributed by atoms with Crippen LogP contribution in [-0.4, -0.2) is 5.78 Å².